The van der Waals surface area contributed by atoms with Crippen molar-refractivity contribution < 1.29 is 38.5 Å². The van der Waals surface area contributed by atoms with Gasteiger partial charge in [0.25, 0.3) is 0 Å². The standard InChI is InChI=1S/C18H27FN2O3.C4H4O4/c1-4-5-8-23-16-6-7-17(19)15(9-16)12-24-18(22)21-13(2)10-20-11-14(21)3;5-3(6)1-2-4(7)8/h6-7,9,13-14,20H,4-5,8,10-12H2,1-3H3;1-2H,(H,5,6)(H,7,8). The van der Waals surface area contributed by atoms with Crippen molar-refractivity contribution in [3.63, 3.8) is 0 Å². The molecule has 1 heterocycles. The number of amides is 1. The Balaban J connectivity index is 0.000000547. The predicted octanol–water partition coefficient (Wildman–Crippen LogP) is 3.04. The zero-order valence-corrected chi connectivity index (χ0v) is 18.5. The maximum Gasteiger partial charge on any atom is 0.410 e. The quantitative estimate of drug-likeness (QED) is 0.404. The van der Waals surface area contributed by atoms with Gasteiger partial charge in [0.1, 0.15) is 18.2 Å². The molecule has 0 aromatic heterocycles. The molecule has 178 valence electrons. The summed E-state index contributed by atoms with van der Waals surface area (Å²) in [5.74, 6) is -2.31. The van der Waals surface area contributed by atoms with E-state index < -0.39 is 23.8 Å². The summed E-state index contributed by atoms with van der Waals surface area (Å²) in [7, 11) is 0. The lowest BCUT2D eigenvalue weighted by Gasteiger charge is -2.38. The van der Waals surface area contributed by atoms with Crippen molar-refractivity contribution in [1.29, 1.82) is 0 Å². The first kappa shape index (κ1) is 26.9. The smallest absolute Gasteiger partial charge is 0.410 e. The van der Waals surface area contributed by atoms with Crippen LogP contribution in [-0.4, -0.2) is 64.9 Å². The number of hydrogen-bond acceptors (Lipinski definition) is 6. The Hall–Kier alpha value is -3.14. The van der Waals surface area contributed by atoms with Gasteiger partial charge in [-0.2, -0.15) is 0 Å². The summed E-state index contributed by atoms with van der Waals surface area (Å²) in [6.07, 6.45) is 2.69. The molecule has 2 unspecified atom stereocenters. The number of hydrogen-bond donors (Lipinski definition) is 3. The predicted molar refractivity (Wildman–Crippen MR) is 115 cm³/mol. The Labute approximate surface area is 186 Å². The molecule has 32 heavy (non-hydrogen) atoms. The van der Waals surface area contributed by atoms with Gasteiger partial charge in [-0.05, 0) is 38.5 Å². The van der Waals surface area contributed by atoms with Crippen LogP contribution in [0.3, 0.4) is 0 Å². The Kier molecular flexibility index (Phi) is 11.8. The van der Waals surface area contributed by atoms with Crippen molar-refractivity contribution in [3.8, 4) is 5.75 Å². The van der Waals surface area contributed by atoms with E-state index >= 15 is 0 Å². The van der Waals surface area contributed by atoms with Gasteiger partial charge >= 0.3 is 18.0 Å². The zero-order chi connectivity index (χ0) is 24.1. The average molecular weight is 454 g/mol. The Bertz CT molecular complexity index is 774. The van der Waals surface area contributed by atoms with E-state index in [1.54, 1.807) is 17.0 Å². The van der Waals surface area contributed by atoms with Crippen molar-refractivity contribution in [2.45, 2.75) is 52.3 Å². The normalized spacial score (nSPS) is 17.9. The van der Waals surface area contributed by atoms with E-state index in [0.29, 0.717) is 30.1 Å². The molecule has 1 saturated heterocycles. The average Bonchev–Trinajstić information content (AvgIpc) is 2.73. The highest BCUT2D eigenvalue weighted by atomic mass is 19.1. The second kappa shape index (κ2) is 14.0. The van der Waals surface area contributed by atoms with Gasteiger partial charge in [0.2, 0.25) is 0 Å². The molecule has 1 aliphatic heterocycles. The number of carbonyl (C=O) groups is 3. The van der Waals surface area contributed by atoms with Crippen molar-refractivity contribution in [2.75, 3.05) is 19.7 Å². The Morgan fingerprint density at radius 3 is 2.28 bits per heavy atom. The van der Waals surface area contributed by atoms with Gasteiger partial charge in [-0.1, -0.05) is 13.3 Å². The minimum Gasteiger partial charge on any atom is -0.494 e. The van der Waals surface area contributed by atoms with Crippen LogP contribution in [0.15, 0.2) is 30.4 Å². The first-order valence-electron chi connectivity index (χ1n) is 10.4. The van der Waals surface area contributed by atoms with Crippen molar-refractivity contribution in [2.24, 2.45) is 0 Å². The third kappa shape index (κ3) is 9.78. The maximum absolute atomic E-state index is 13.9. The summed E-state index contributed by atoms with van der Waals surface area (Å²) in [6.45, 7) is 7.97. The minimum atomic E-state index is -1.26. The minimum absolute atomic E-state index is 0.0507. The van der Waals surface area contributed by atoms with Crippen LogP contribution in [0.5, 0.6) is 5.75 Å². The number of carbonyl (C=O) groups excluding carboxylic acids is 1. The van der Waals surface area contributed by atoms with Crippen LogP contribution in [0, 0.1) is 5.82 Å². The van der Waals surface area contributed by atoms with Crippen molar-refractivity contribution >= 4 is 18.0 Å². The second-order valence-corrected chi connectivity index (χ2v) is 7.28. The van der Waals surface area contributed by atoms with Crippen LogP contribution in [0.2, 0.25) is 0 Å². The van der Waals surface area contributed by atoms with E-state index in [1.807, 2.05) is 13.8 Å². The summed E-state index contributed by atoms with van der Waals surface area (Å²) < 4.78 is 24.8. The molecule has 2 rings (SSSR count). The number of nitrogens with zero attached hydrogens (tertiary/aromatic N) is 1. The van der Waals surface area contributed by atoms with E-state index in [4.69, 9.17) is 19.7 Å². The first-order chi connectivity index (χ1) is 15.1. The fourth-order valence-electron chi connectivity index (χ4n) is 2.93. The highest BCUT2D eigenvalue weighted by molar-refractivity contribution is 5.89. The van der Waals surface area contributed by atoms with Gasteiger partial charge < -0.3 is 29.9 Å². The first-order valence-corrected chi connectivity index (χ1v) is 10.4. The second-order valence-electron chi connectivity index (χ2n) is 7.28. The third-order valence-corrected chi connectivity index (χ3v) is 4.54. The summed E-state index contributed by atoms with van der Waals surface area (Å²) >= 11 is 0. The van der Waals surface area contributed by atoms with E-state index in [9.17, 15) is 18.8 Å². The van der Waals surface area contributed by atoms with Gasteiger partial charge in [0, 0.05) is 42.9 Å². The van der Waals surface area contributed by atoms with E-state index in [0.717, 1.165) is 25.9 Å². The molecule has 10 heteroatoms. The summed E-state index contributed by atoms with van der Waals surface area (Å²) in [4.78, 5) is 33.1. The fourth-order valence-corrected chi connectivity index (χ4v) is 2.93. The molecular formula is C22H31FN2O7. The van der Waals surface area contributed by atoms with Crippen LogP contribution in [0.1, 0.15) is 39.2 Å². The molecule has 0 saturated carbocycles. The lowest BCUT2D eigenvalue weighted by molar-refractivity contribution is -0.134. The molecule has 0 aliphatic carbocycles. The van der Waals surface area contributed by atoms with E-state index in [-0.39, 0.29) is 18.7 Å². The van der Waals surface area contributed by atoms with Gasteiger partial charge in [-0.15, -0.1) is 0 Å². The van der Waals surface area contributed by atoms with Crippen LogP contribution in [0.4, 0.5) is 9.18 Å². The third-order valence-electron chi connectivity index (χ3n) is 4.54. The topological polar surface area (TPSA) is 125 Å². The van der Waals surface area contributed by atoms with Gasteiger partial charge in [-0.3, -0.25) is 0 Å². The number of halogens is 1. The number of rotatable bonds is 8. The van der Waals surface area contributed by atoms with Gasteiger partial charge in [-0.25, -0.2) is 18.8 Å². The number of aliphatic carboxylic acids is 2. The van der Waals surface area contributed by atoms with Crippen molar-refractivity contribution in [3.05, 3.63) is 41.7 Å². The molecule has 0 bridgehead atoms. The molecule has 1 fully saturated rings. The zero-order valence-electron chi connectivity index (χ0n) is 18.5. The molecule has 0 spiro atoms. The molecule has 1 aromatic carbocycles. The Morgan fingerprint density at radius 2 is 1.75 bits per heavy atom. The van der Waals surface area contributed by atoms with Gasteiger partial charge in [0.15, 0.2) is 0 Å². The highest BCUT2D eigenvalue weighted by Gasteiger charge is 2.30. The fraction of sp³-hybridized carbons (Fsp3) is 0.500. The molecule has 2 atom stereocenters. The number of carboxylic acids is 2. The number of carboxylic acid groups (broad SMARTS) is 2. The van der Waals surface area contributed by atoms with E-state index in [1.165, 1.54) is 6.07 Å². The lowest BCUT2D eigenvalue weighted by Crippen LogP contribution is -2.57. The molecule has 9 nitrogen and oxygen atoms in total. The lowest BCUT2D eigenvalue weighted by atomic mass is 10.1. The largest absolute Gasteiger partial charge is 0.494 e. The monoisotopic (exact) mass is 454 g/mol. The van der Waals surface area contributed by atoms with Crippen LogP contribution >= 0.6 is 0 Å². The summed E-state index contributed by atoms with van der Waals surface area (Å²) in [5, 5.41) is 18.9. The molecule has 1 amide bonds. The summed E-state index contributed by atoms with van der Waals surface area (Å²) in [5.41, 5.74) is 0.327. The SMILES string of the molecule is CCCCOc1ccc(F)c(COC(=O)N2C(C)CNCC2C)c1.O=C(O)C=CC(=O)O. The number of nitrogens with one attached hydrogen (secondary N) is 1. The molecular weight excluding hydrogens is 423 g/mol. The summed E-state index contributed by atoms with van der Waals surface area (Å²) in [6, 6.07) is 4.64. The molecule has 3 N–H and O–H groups in total. The molecule has 1 aliphatic rings. The number of benzene rings is 1. The Morgan fingerprint density at radius 1 is 1.16 bits per heavy atom. The number of unbranched alkanes of at least 4 members (excludes halogenated alkanes) is 1. The van der Waals surface area contributed by atoms with Crippen LogP contribution in [0.25, 0.3) is 0 Å². The highest BCUT2D eigenvalue weighted by Crippen LogP contribution is 2.19. The van der Waals surface area contributed by atoms with Crippen LogP contribution < -0.4 is 10.1 Å². The van der Waals surface area contributed by atoms with Crippen LogP contribution in [-0.2, 0) is 20.9 Å². The van der Waals surface area contributed by atoms with Gasteiger partial charge in [0.05, 0.1) is 6.61 Å². The number of piperazine rings is 1. The number of ether oxygens (including phenoxy) is 2. The van der Waals surface area contributed by atoms with E-state index in [2.05, 4.69) is 12.2 Å². The molecule has 1 aromatic rings. The maximum atomic E-state index is 13.9. The van der Waals surface area contributed by atoms with Crippen molar-refractivity contribution in [1.82, 2.24) is 10.2 Å². The molecule has 0 radical (unpaired) electrons.